The van der Waals surface area contributed by atoms with Gasteiger partial charge in [-0.1, -0.05) is 38.1 Å². The Bertz CT molecular complexity index is 1190. The smallest absolute Gasteiger partial charge is 0.361 e. The third-order valence-corrected chi connectivity index (χ3v) is 6.03. The monoisotopic (exact) mass is 541 g/mol. The van der Waals surface area contributed by atoms with E-state index in [1.807, 2.05) is 69.8 Å². The van der Waals surface area contributed by atoms with Crippen LogP contribution < -0.4 is 46.2 Å². The number of fused-ring (bicyclic) bond motifs is 1. The molecule has 0 radical (unpaired) electrons. The van der Waals surface area contributed by atoms with Gasteiger partial charge in [-0.15, -0.1) is 0 Å². The van der Waals surface area contributed by atoms with E-state index >= 15 is 0 Å². The van der Waals surface area contributed by atoms with Gasteiger partial charge in [0.05, 0.1) is 14.2 Å². The van der Waals surface area contributed by atoms with Crippen LogP contribution in [0.25, 0.3) is 11.0 Å². The Morgan fingerprint density at radius 2 is 1.37 bits per heavy atom. The van der Waals surface area contributed by atoms with E-state index in [1.54, 1.807) is 14.2 Å². The summed E-state index contributed by atoms with van der Waals surface area (Å²) < 4.78 is 27.1. The molecule has 0 unspecified atom stereocenters. The number of anilines is 1. The lowest BCUT2D eigenvalue weighted by atomic mass is 10.1. The minimum Gasteiger partial charge on any atom is -1.00 e. The molecule has 1 aromatic heterocycles. The van der Waals surface area contributed by atoms with Crippen LogP contribution in [0.1, 0.15) is 25.0 Å². The van der Waals surface area contributed by atoms with Gasteiger partial charge in [-0.25, -0.2) is 0 Å². The number of ether oxygens (including phenoxy) is 4. The highest BCUT2D eigenvalue weighted by molar-refractivity contribution is 5.73. The van der Waals surface area contributed by atoms with Crippen molar-refractivity contribution < 1.29 is 40.5 Å². The van der Waals surface area contributed by atoms with Gasteiger partial charge in [0.25, 0.3) is 0 Å². The molecule has 0 aliphatic carbocycles. The molecule has 0 bridgehead atoms. The van der Waals surface area contributed by atoms with Crippen molar-refractivity contribution in [3.05, 3.63) is 71.8 Å². The van der Waals surface area contributed by atoms with Gasteiger partial charge in [-0.2, -0.15) is 9.13 Å². The van der Waals surface area contributed by atoms with Gasteiger partial charge in [0.1, 0.15) is 34.0 Å². The normalized spacial score (nSPS) is 10.6. The number of benzene rings is 3. The summed E-state index contributed by atoms with van der Waals surface area (Å²) in [6.07, 6.45) is 1.71. The number of nitrogen functional groups attached to an aromatic ring is 1. The van der Waals surface area contributed by atoms with Gasteiger partial charge in [-0.05, 0) is 48.2 Å². The first-order valence-corrected chi connectivity index (χ1v) is 11.5. The predicted octanol–water partition coefficient (Wildman–Crippen LogP) is 1.73. The van der Waals surface area contributed by atoms with Gasteiger partial charge < -0.3 is 35.9 Å². The van der Waals surface area contributed by atoms with Crippen molar-refractivity contribution in [2.45, 2.75) is 40.2 Å². The summed E-state index contributed by atoms with van der Waals surface area (Å²) in [5.41, 5.74) is 10.8. The van der Waals surface area contributed by atoms with E-state index < -0.39 is 0 Å². The highest BCUT2D eigenvalue weighted by Crippen LogP contribution is 2.28. The molecule has 186 valence electrons. The maximum absolute atomic E-state index is 6.61. The third kappa shape index (κ3) is 5.48. The number of nitrogens with two attached hydrogens (primary N) is 1. The molecule has 0 aliphatic rings. The van der Waals surface area contributed by atoms with Gasteiger partial charge in [0.15, 0.2) is 0 Å². The van der Waals surface area contributed by atoms with E-state index in [2.05, 4.69) is 13.8 Å². The van der Waals surface area contributed by atoms with Crippen LogP contribution in [0.15, 0.2) is 60.7 Å². The molecule has 0 saturated carbocycles. The number of methoxy groups -OCH3 is 2. The molecular weight excluding hydrogens is 510 g/mol. The standard InChI is InChI=1S/C27H31N3O4.BrH/c1-5-19-11-13-21(31-3)15-25(19)33-17-29-23-9-7-8-10-24(23)30(27(29)28)18-34-26-16-22(32-4)14-12-20(26)6-2;/h7-16,28H,5-6,17-18H2,1-4H3;1H. The van der Waals surface area contributed by atoms with Crippen molar-refractivity contribution in [1.82, 2.24) is 4.57 Å². The third-order valence-electron chi connectivity index (χ3n) is 6.03. The average Bonchev–Trinajstić information content (AvgIpc) is 3.15. The van der Waals surface area contributed by atoms with Crippen molar-refractivity contribution in [2.24, 2.45) is 0 Å². The SMILES string of the molecule is CCc1ccc(OC)cc1OCn1c(N)[n+](COc2cc(OC)ccc2CC)c2ccccc21.[Br-]. The molecule has 35 heavy (non-hydrogen) atoms. The summed E-state index contributed by atoms with van der Waals surface area (Å²) in [5.74, 6) is 3.62. The van der Waals surface area contributed by atoms with E-state index in [4.69, 9.17) is 24.7 Å². The van der Waals surface area contributed by atoms with Gasteiger partial charge in [-0.3, -0.25) is 5.73 Å². The Morgan fingerprint density at radius 1 is 0.800 bits per heavy atom. The second-order valence-electron chi connectivity index (χ2n) is 7.90. The van der Waals surface area contributed by atoms with Crippen molar-refractivity contribution in [1.29, 1.82) is 0 Å². The van der Waals surface area contributed by atoms with Crippen LogP contribution in [0, 0.1) is 0 Å². The van der Waals surface area contributed by atoms with Crippen molar-refractivity contribution in [3.8, 4) is 23.0 Å². The van der Waals surface area contributed by atoms with Crippen molar-refractivity contribution in [3.63, 3.8) is 0 Å². The number of imidazole rings is 1. The highest BCUT2D eigenvalue weighted by Gasteiger charge is 2.22. The molecule has 0 saturated heterocycles. The largest absolute Gasteiger partial charge is 1.00 e. The van der Waals surface area contributed by atoms with Crippen LogP contribution in [-0.2, 0) is 26.3 Å². The van der Waals surface area contributed by atoms with E-state index in [9.17, 15) is 0 Å². The second-order valence-corrected chi connectivity index (χ2v) is 7.90. The summed E-state index contributed by atoms with van der Waals surface area (Å²) in [7, 11) is 3.30. The van der Waals surface area contributed by atoms with Crippen LogP contribution in [0.4, 0.5) is 5.95 Å². The van der Waals surface area contributed by atoms with Crippen LogP contribution >= 0.6 is 0 Å². The fourth-order valence-electron chi connectivity index (χ4n) is 4.03. The number of aryl methyl sites for hydroxylation is 2. The molecule has 8 heteroatoms. The molecule has 2 N–H and O–H groups in total. The first-order valence-electron chi connectivity index (χ1n) is 11.5. The number of para-hydroxylation sites is 2. The van der Waals surface area contributed by atoms with E-state index in [0.29, 0.717) is 5.95 Å². The summed E-state index contributed by atoms with van der Waals surface area (Å²) >= 11 is 0. The Kier molecular flexibility index (Phi) is 8.87. The first-order chi connectivity index (χ1) is 16.6. The van der Waals surface area contributed by atoms with Crippen LogP contribution in [0.3, 0.4) is 0 Å². The second kappa shape index (κ2) is 11.8. The molecule has 7 nitrogen and oxygen atoms in total. The Hall–Kier alpha value is -3.39. The zero-order chi connectivity index (χ0) is 24.1. The summed E-state index contributed by atoms with van der Waals surface area (Å²) in [4.78, 5) is 0. The maximum atomic E-state index is 6.61. The lowest BCUT2D eigenvalue weighted by molar-refractivity contribution is -0.687. The lowest BCUT2D eigenvalue weighted by Gasteiger charge is -2.12. The number of hydrogen-bond donors (Lipinski definition) is 1. The van der Waals surface area contributed by atoms with Gasteiger partial charge >= 0.3 is 5.95 Å². The van der Waals surface area contributed by atoms with Crippen molar-refractivity contribution in [2.75, 3.05) is 20.0 Å². The Balaban J connectivity index is 0.00000342. The first kappa shape index (κ1) is 26.2. The van der Waals surface area contributed by atoms with E-state index in [1.165, 1.54) is 0 Å². The number of hydrogen-bond acceptors (Lipinski definition) is 5. The summed E-state index contributed by atoms with van der Waals surface area (Å²) in [6.45, 7) is 4.73. The van der Waals surface area contributed by atoms with Gasteiger partial charge in [0.2, 0.25) is 13.5 Å². The lowest BCUT2D eigenvalue weighted by Crippen LogP contribution is -3.00. The molecule has 4 aromatic rings. The molecule has 4 rings (SSSR count). The highest BCUT2D eigenvalue weighted by atomic mass is 79.9. The molecule has 1 heterocycles. The fraction of sp³-hybridized carbons (Fsp3) is 0.296. The van der Waals surface area contributed by atoms with Crippen LogP contribution in [0.2, 0.25) is 0 Å². The zero-order valence-electron chi connectivity index (χ0n) is 20.6. The van der Waals surface area contributed by atoms with Crippen molar-refractivity contribution >= 4 is 17.0 Å². The zero-order valence-corrected chi connectivity index (χ0v) is 22.2. The number of nitrogens with zero attached hydrogens (tertiary/aromatic N) is 2. The summed E-state index contributed by atoms with van der Waals surface area (Å²) in [5, 5.41) is 0. The Morgan fingerprint density at radius 3 is 1.94 bits per heavy atom. The predicted molar refractivity (Wildman–Crippen MR) is 133 cm³/mol. The molecule has 0 aliphatic heterocycles. The maximum Gasteiger partial charge on any atom is 0.361 e. The van der Waals surface area contributed by atoms with Crippen LogP contribution in [0.5, 0.6) is 23.0 Å². The van der Waals surface area contributed by atoms with Gasteiger partial charge in [0, 0.05) is 12.1 Å². The number of halogens is 1. The quantitative estimate of drug-likeness (QED) is 0.309. The molecule has 0 amide bonds. The molecule has 0 spiro atoms. The molecular formula is C27H32BrN3O4. The minimum atomic E-state index is 0. The average molecular weight is 542 g/mol. The molecule has 0 atom stereocenters. The van der Waals surface area contributed by atoms with E-state index in [0.717, 1.165) is 58.0 Å². The topological polar surface area (TPSA) is 71.8 Å². The molecule has 3 aromatic carbocycles. The molecule has 0 fully saturated rings. The van der Waals surface area contributed by atoms with Crippen LogP contribution in [-0.4, -0.2) is 18.8 Å². The van der Waals surface area contributed by atoms with E-state index in [-0.39, 0.29) is 30.4 Å². The minimum absolute atomic E-state index is 0. The number of rotatable bonds is 10. The Labute approximate surface area is 216 Å². The fourth-order valence-corrected chi connectivity index (χ4v) is 4.03. The summed E-state index contributed by atoms with van der Waals surface area (Å²) in [6, 6.07) is 19.8. The number of aromatic nitrogens is 2.